The standard InChI is InChI=1S/C8H17NO2S2/c10-8(11)6-9(13-12)7-4-2-1-3-5-7/h7-8,10-12H,1-6H2. The molecule has 0 amide bonds. The van der Waals surface area contributed by atoms with Crippen molar-refractivity contribution < 1.29 is 10.2 Å². The van der Waals surface area contributed by atoms with Crippen molar-refractivity contribution in [2.45, 2.75) is 44.4 Å². The summed E-state index contributed by atoms with van der Waals surface area (Å²) in [5, 5.41) is 17.7. The van der Waals surface area contributed by atoms with Gasteiger partial charge in [-0.05, 0) is 23.8 Å². The summed E-state index contributed by atoms with van der Waals surface area (Å²) in [4.78, 5) is 0. The molecule has 1 aliphatic rings. The van der Waals surface area contributed by atoms with Crippen LogP contribution in [-0.2, 0) is 0 Å². The summed E-state index contributed by atoms with van der Waals surface area (Å²) in [6.07, 6.45) is 4.86. The highest BCUT2D eigenvalue weighted by atomic mass is 33.1. The van der Waals surface area contributed by atoms with Crippen LogP contribution in [-0.4, -0.2) is 33.4 Å². The Hall–Kier alpha value is 0.580. The van der Waals surface area contributed by atoms with E-state index in [-0.39, 0.29) is 0 Å². The second-order valence-electron chi connectivity index (χ2n) is 3.45. The zero-order valence-corrected chi connectivity index (χ0v) is 9.31. The zero-order chi connectivity index (χ0) is 9.68. The summed E-state index contributed by atoms with van der Waals surface area (Å²) in [5.74, 6) is 0. The molecule has 1 aliphatic carbocycles. The van der Waals surface area contributed by atoms with E-state index in [1.807, 2.05) is 4.31 Å². The number of aliphatic hydroxyl groups is 2. The van der Waals surface area contributed by atoms with Gasteiger partial charge < -0.3 is 10.2 Å². The maximum absolute atomic E-state index is 8.85. The molecule has 0 aliphatic heterocycles. The van der Waals surface area contributed by atoms with Crippen molar-refractivity contribution in [2.24, 2.45) is 0 Å². The molecule has 3 nitrogen and oxygen atoms in total. The van der Waals surface area contributed by atoms with Gasteiger partial charge in [-0.25, -0.2) is 4.31 Å². The van der Waals surface area contributed by atoms with E-state index in [0.29, 0.717) is 12.6 Å². The normalized spacial score (nSPS) is 20.1. The van der Waals surface area contributed by atoms with Gasteiger partial charge in [0.1, 0.15) is 0 Å². The minimum atomic E-state index is -1.25. The molecule has 0 heterocycles. The molecular weight excluding hydrogens is 206 g/mol. The van der Waals surface area contributed by atoms with Gasteiger partial charge in [-0.3, -0.25) is 0 Å². The van der Waals surface area contributed by atoms with E-state index in [2.05, 4.69) is 11.7 Å². The lowest BCUT2D eigenvalue weighted by Crippen LogP contribution is -2.36. The average molecular weight is 223 g/mol. The van der Waals surface area contributed by atoms with E-state index in [1.54, 1.807) is 0 Å². The Morgan fingerprint density at radius 1 is 1.31 bits per heavy atom. The van der Waals surface area contributed by atoms with E-state index < -0.39 is 6.29 Å². The lowest BCUT2D eigenvalue weighted by molar-refractivity contribution is -0.0530. The Bertz CT molecular complexity index is 140. The van der Waals surface area contributed by atoms with Crippen molar-refractivity contribution >= 4 is 22.6 Å². The molecule has 0 bridgehead atoms. The first-order valence-corrected chi connectivity index (χ1v) is 6.51. The lowest BCUT2D eigenvalue weighted by Gasteiger charge is -2.31. The molecule has 1 rings (SSSR count). The van der Waals surface area contributed by atoms with Crippen LogP contribution in [0.2, 0.25) is 0 Å². The zero-order valence-electron chi connectivity index (χ0n) is 7.59. The minimum Gasteiger partial charge on any atom is -0.367 e. The summed E-state index contributed by atoms with van der Waals surface area (Å²) in [5.41, 5.74) is 0. The molecule has 0 aromatic heterocycles. The third kappa shape index (κ3) is 4.08. The van der Waals surface area contributed by atoms with Crippen LogP contribution in [0, 0.1) is 0 Å². The van der Waals surface area contributed by atoms with E-state index in [9.17, 15) is 0 Å². The van der Waals surface area contributed by atoms with Crippen molar-refractivity contribution in [1.29, 1.82) is 0 Å². The van der Waals surface area contributed by atoms with Gasteiger partial charge >= 0.3 is 0 Å². The fourth-order valence-electron chi connectivity index (χ4n) is 1.78. The molecule has 0 saturated heterocycles. The van der Waals surface area contributed by atoms with Crippen LogP contribution in [0.3, 0.4) is 0 Å². The largest absolute Gasteiger partial charge is 0.367 e. The molecular formula is C8H17NO2S2. The van der Waals surface area contributed by atoms with E-state index in [1.165, 1.54) is 30.2 Å². The first kappa shape index (κ1) is 11.7. The van der Waals surface area contributed by atoms with Crippen LogP contribution in [0.25, 0.3) is 0 Å². The fourth-order valence-corrected chi connectivity index (χ4v) is 2.92. The first-order valence-electron chi connectivity index (χ1n) is 4.68. The molecule has 0 aromatic carbocycles. The van der Waals surface area contributed by atoms with E-state index >= 15 is 0 Å². The number of nitrogens with zero attached hydrogens (tertiary/aromatic N) is 1. The van der Waals surface area contributed by atoms with Crippen LogP contribution >= 0.6 is 22.6 Å². The van der Waals surface area contributed by atoms with E-state index in [0.717, 1.165) is 12.8 Å². The Morgan fingerprint density at radius 3 is 2.38 bits per heavy atom. The van der Waals surface area contributed by atoms with Gasteiger partial charge in [-0.1, -0.05) is 30.9 Å². The molecule has 0 aromatic rings. The van der Waals surface area contributed by atoms with Crippen LogP contribution in [0.4, 0.5) is 0 Å². The fraction of sp³-hybridized carbons (Fsp3) is 1.00. The smallest absolute Gasteiger partial charge is 0.165 e. The van der Waals surface area contributed by atoms with Crippen LogP contribution < -0.4 is 0 Å². The molecule has 0 atom stereocenters. The van der Waals surface area contributed by atoms with Crippen LogP contribution in [0.5, 0.6) is 0 Å². The highest BCUT2D eigenvalue weighted by Gasteiger charge is 2.22. The third-order valence-corrected chi connectivity index (χ3v) is 3.72. The van der Waals surface area contributed by atoms with E-state index in [4.69, 9.17) is 10.2 Å². The van der Waals surface area contributed by atoms with Gasteiger partial charge in [0.05, 0.1) is 6.54 Å². The highest BCUT2D eigenvalue weighted by Crippen LogP contribution is 2.28. The number of hydrogen-bond acceptors (Lipinski definition) is 5. The summed E-state index contributed by atoms with van der Waals surface area (Å²) in [6, 6.07) is 0.470. The Labute approximate surface area is 88.4 Å². The average Bonchev–Trinajstić information content (AvgIpc) is 2.15. The van der Waals surface area contributed by atoms with Gasteiger partial charge in [0.2, 0.25) is 0 Å². The summed E-state index contributed by atoms with van der Waals surface area (Å²) >= 11 is 4.12. The third-order valence-electron chi connectivity index (χ3n) is 2.43. The molecule has 0 radical (unpaired) electrons. The monoisotopic (exact) mass is 223 g/mol. The van der Waals surface area contributed by atoms with Gasteiger partial charge in [0, 0.05) is 6.04 Å². The molecule has 0 spiro atoms. The molecule has 5 heteroatoms. The van der Waals surface area contributed by atoms with Gasteiger partial charge in [0.15, 0.2) is 6.29 Å². The second-order valence-corrected chi connectivity index (χ2v) is 4.58. The number of aliphatic hydroxyl groups excluding tert-OH is 1. The summed E-state index contributed by atoms with van der Waals surface area (Å²) in [7, 11) is 1.31. The first-order chi connectivity index (χ1) is 6.24. The van der Waals surface area contributed by atoms with Gasteiger partial charge in [0.25, 0.3) is 0 Å². The SMILES string of the molecule is OC(O)CN(SS)C1CCCCC1. The number of hydrogen-bond donors (Lipinski definition) is 3. The quantitative estimate of drug-likeness (QED) is 0.292. The van der Waals surface area contributed by atoms with Crippen molar-refractivity contribution in [3.8, 4) is 0 Å². The predicted octanol–water partition coefficient (Wildman–Crippen LogP) is 1.42. The number of rotatable bonds is 4. The van der Waals surface area contributed by atoms with Crippen LogP contribution in [0.15, 0.2) is 0 Å². The van der Waals surface area contributed by atoms with Crippen molar-refractivity contribution in [1.82, 2.24) is 4.31 Å². The molecule has 78 valence electrons. The molecule has 0 unspecified atom stereocenters. The van der Waals surface area contributed by atoms with Gasteiger partial charge in [-0.15, -0.1) is 0 Å². The second kappa shape index (κ2) is 6.14. The molecule has 1 saturated carbocycles. The Kier molecular flexibility index (Phi) is 5.50. The van der Waals surface area contributed by atoms with Crippen molar-refractivity contribution in [2.75, 3.05) is 6.54 Å². The van der Waals surface area contributed by atoms with Crippen molar-refractivity contribution in [3.05, 3.63) is 0 Å². The maximum Gasteiger partial charge on any atom is 0.165 e. The van der Waals surface area contributed by atoms with Gasteiger partial charge in [-0.2, -0.15) is 0 Å². The lowest BCUT2D eigenvalue weighted by atomic mass is 9.95. The molecule has 1 fully saturated rings. The van der Waals surface area contributed by atoms with Crippen LogP contribution in [0.1, 0.15) is 32.1 Å². The molecule has 13 heavy (non-hydrogen) atoms. The summed E-state index contributed by atoms with van der Waals surface area (Å²) in [6.45, 7) is 0.291. The van der Waals surface area contributed by atoms with Crippen molar-refractivity contribution in [3.63, 3.8) is 0 Å². The topological polar surface area (TPSA) is 43.7 Å². The molecule has 2 N–H and O–H groups in total. The Morgan fingerprint density at radius 2 is 1.92 bits per heavy atom. The number of thiol groups is 1. The maximum atomic E-state index is 8.85. The summed E-state index contributed by atoms with van der Waals surface area (Å²) < 4.78 is 1.97. The highest BCUT2D eigenvalue weighted by molar-refractivity contribution is 8.67. The minimum absolute atomic E-state index is 0.291. The Balaban J connectivity index is 2.34. The predicted molar refractivity (Wildman–Crippen MR) is 58.4 cm³/mol.